The lowest BCUT2D eigenvalue weighted by molar-refractivity contribution is -0.117. The van der Waals surface area contributed by atoms with E-state index in [0.29, 0.717) is 17.9 Å². The zero-order valence-corrected chi connectivity index (χ0v) is 28.3. The molecule has 0 aliphatic rings. The lowest BCUT2D eigenvalue weighted by Crippen LogP contribution is -2.48. The molecular formula is C34H39N5O6S2. The highest BCUT2D eigenvalue weighted by molar-refractivity contribution is 7.92. The highest BCUT2D eigenvalue weighted by atomic mass is 32.2. The molecule has 4 rings (SSSR count). The van der Waals surface area contributed by atoms with Crippen molar-refractivity contribution >= 4 is 50.5 Å². The third-order valence-corrected chi connectivity index (χ3v) is 9.36. The summed E-state index contributed by atoms with van der Waals surface area (Å²) in [5.74, 6) is -0.706. The van der Waals surface area contributed by atoms with Crippen molar-refractivity contribution in [2.75, 3.05) is 36.6 Å². The molecule has 4 N–H and O–H groups in total. The van der Waals surface area contributed by atoms with E-state index in [4.69, 9.17) is 4.74 Å². The van der Waals surface area contributed by atoms with Crippen LogP contribution in [0, 0.1) is 0 Å². The minimum absolute atomic E-state index is 0.111. The molecule has 0 saturated carbocycles. The quantitative estimate of drug-likeness (QED) is 0.149. The number of thiophene rings is 1. The van der Waals surface area contributed by atoms with E-state index in [1.807, 2.05) is 53.2 Å². The van der Waals surface area contributed by atoms with Crippen LogP contribution in [0.1, 0.15) is 38.8 Å². The van der Waals surface area contributed by atoms with Crippen molar-refractivity contribution < 1.29 is 27.5 Å². The van der Waals surface area contributed by atoms with Crippen LogP contribution in [0.15, 0.2) is 89.6 Å². The number of benzene rings is 3. The number of amides is 3. The number of hydrogen-bond acceptors (Lipinski definition) is 8. The molecule has 11 nitrogen and oxygen atoms in total. The number of carbonyl (C=O) groups excluding carboxylic acids is 3. The van der Waals surface area contributed by atoms with Gasteiger partial charge in [0.15, 0.2) is 0 Å². The first-order chi connectivity index (χ1) is 22.4. The number of carbonyl (C=O) groups is 3. The number of nitrogens with zero attached hydrogens (tertiary/aromatic N) is 1. The normalized spacial score (nSPS) is 12.4. The Balaban J connectivity index is 1.52. The van der Waals surface area contributed by atoms with Crippen molar-refractivity contribution in [1.82, 2.24) is 16.0 Å². The largest absolute Gasteiger partial charge is 0.495 e. The lowest BCUT2D eigenvalue weighted by atomic mass is 10.0. The molecule has 0 aliphatic carbocycles. The molecule has 3 aromatic carbocycles. The van der Waals surface area contributed by atoms with Crippen LogP contribution in [-0.2, 0) is 27.8 Å². The molecule has 2 atom stereocenters. The maximum Gasteiger partial charge on any atom is 0.251 e. The molecular weight excluding hydrogens is 639 g/mol. The summed E-state index contributed by atoms with van der Waals surface area (Å²) in [7, 11) is -0.804. The zero-order chi connectivity index (χ0) is 34.0. The van der Waals surface area contributed by atoms with E-state index < -0.39 is 33.9 Å². The molecule has 0 unspecified atom stereocenters. The molecule has 1 aromatic heterocycles. The second-order valence-electron chi connectivity index (χ2n) is 11.0. The van der Waals surface area contributed by atoms with Gasteiger partial charge in [-0.25, -0.2) is 8.42 Å². The Morgan fingerprint density at radius 1 is 0.915 bits per heavy atom. The Morgan fingerprint density at radius 3 is 2.26 bits per heavy atom. The lowest BCUT2D eigenvalue weighted by Gasteiger charge is -2.23. The number of para-hydroxylation sites is 2. The smallest absolute Gasteiger partial charge is 0.251 e. The summed E-state index contributed by atoms with van der Waals surface area (Å²) in [6, 6.07) is 21.6. The maximum atomic E-state index is 13.7. The molecule has 13 heteroatoms. The highest BCUT2D eigenvalue weighted by Gasteiger charge is 2.22. The Hall–Kier alpha value is -4.72. The SMILES string of the molecule is COc1ccccc1NC(=O)[C@H](C)NC[C@H](Cc1ccsc1)NC(=O)c1cc(C(=O)NCc2ccccc2)cc(N(C)S(C)(=O)=O)c1. The van der Waals surface area contributed by atoms with Gasteiger partial charge in [-0.2, -0.15) is 11.3 Å². The first kappa shape index (κ1) is 35.1. The minimum Gasteiger partial charge on any atom is -0.495 e. The van der Waals surface area contributed by atoms with Gasteiger partial charge in [0.1, 0.15) is 5.75 Å². The molecule has 0 fully saturated rings. The van der Waals surface area contributed by atoms with Crippen LogP contribution in [-0.4, -0.2) is 65.2 Å². The average molecular weight is 678 g/mol. The fourth-order valence-electron chi connectivity index (χ4n) is 4.66. The van der Waals surface area contributed by atoms with Gasteiger partial charge in [0.2, 0.25) is 15.9 Å². The standard InChI is InChI=1S/C34H39N5O6S2/c1-23(32(40)38-30-12-8-9-13-31(30)45-3)35-21-28(16-25-14-15-46-22-25)37-34(42)27-17-26(18-29(19-27)39(2)47(4,43)44)33(41)36-20-24-10-6-5-7-11-24/h5-15,17-19,22-23,28,35H,16,20-21H2,1-4H3,(H,36,41)(H,37,42)(H,38,40)/t23-,28-/m0/s1. The predicted molar refractivity (Wildman–Crippen MR) is 186 cm³/mol. The van der Waals surface area contributed by atoms with Crippen molar-refractivity contribution in [2.45, 2.75) is 32.0 Å². The number of methoxy groups -OCH3 is 1. The van der Waals surface area contributed by atoms with Gasteiger partial charge in [-0.3, -0.25) is 18.7 Å². The van der Waals surface area contributed by atoms with Gasteiger partial charge in [0.05, 0.1) is 30.8 Å². The molecule has 0 saturated heterocycles. The van der Waals surface area contributed by atoms with Crippen LogP contribution in [0.2, 0.25) is 0 Å². The van der Waals surface area contributed by atoms with Gasteiger partial charge < -0.3 is 26.0 Å². The van der Waals surface area contributed by atoms with E-state index in [1.54, 1.807) is 25.1 Å². The van der Waals surface area contributed by atoms with Crippen LogP contribution >= 0.6 is 11.3 Å². The molecule has 0 spiro atoms. The van der Waals surface area contributed by atoms with E-state index in [9.17, 15) is 22.8 Å². The predicted octanol–water partition coefficient (Wildman–Crippen LogP) is 4.04. The second-order valence-corrected chi connectivity index (χ2v) is 13.8. The summed E-state index contributed by atoms with van der Waals surface area (Å²) in [6.45, 7) is 2.22. The summed E-state index contributed by atoms with van der Waals surface area (Å²) in [5.41, 5.74) is 2.84. The van der Waals surface area contributed by atoms with E-state index in [0.717, 1.165) is 21.7 Å². The van der Waals surface area contributed by atoms with Gasteiger partial charge in [-0.05, 0) is 71.6 Å². The second kappa shape index (κ2) is 16.2. The van der Waals surface area contributed by atoms with E-state index >= 15 is 0 Å². The van der Waals surface area contributed by atoms with Crippen molar-refractivity contribution in [1.29, 1.82) is 0 Å². The molecule has 0 bridgehead atoms. The highest BCUT2D eigenvalue weighted by Crippen LogP contribution is 2.23. The fourth-order valence-corrected chi connectivity index (χ4v) is 5.83. The molecule has 4 aromatic rings. The van der Waals surface area contributed by atoms with Crippen molar-refractivity contribution in [3.05, 3.63) is 112 Å². The van der Waals surface area contributed by atoms with Gasteiger partial charge in [-0.15, -0.1) is 0 Å². The van der Waals surface area contributed by atoms with Crippen molar-refractivity contribution in [2.24, 2.45) is 0 Å². The Bertz CT molecular complexity index is 1780. The van der Waals surface area contributed by atoms with Gasteiger partial charge in [0.25, 0.3) is 11.8 Å². The summed E-state index contributed by atoms with van der Waals surface area (Å²) in [6.07, 6.45) is 1.51. The third kappa shape index (κ3) is 10.1. The number of sulfonamides is 1. The van der Waals surface area contributed by atoms with Crippen LogP contribution in [0.25, 0.3) is 0 Å². The minimum atomic E-state index is -3.69. The van der Waals surface area contributed by atoms with Crippen molar-refractivity contribution in [3.63, 3.8) is 0 Å². The molecule has 1 heterocycles. The Kier molecular flexibility index (Phi) is 12.1. The van der Waals surface area contributed by atoms with Crippen LogP contribution < -0.4 is 30.3 Å². The molecule has 0 aliphatic heterocycles. The van der Waals surface area contributed by atoms with Crippen LogP contribution in [0.3, 0.4) is 0 Å². The maximum absolute atomic E-state index is 13.7. The van der Waals surface area contributed by atoms with Gasteiger partial charge in [0, 0.05) is 37.3 Å². The van der Waals surface area contributed by atoms with Crippen molar-refractivity contribution in [3.8, 4) is 5.75 Å². The molecule has 0 radical (unpaired) electrons. The zero-order valence-electron chi connectivity index (χ0n) is 26.6. The molecule has 248 valence electrons. The van der Waals surface area contributed by atoms with E-state index in [-0.39, 0.29) is 35.8 Å². The first-order valence-electron chi connectivity index (χ1n) is 14.8. The summed E-state index contributed by atoms with van der Waals surface area (Å²) in [4.78, 5) is 39.9. The summed E-state index contributed by atoms with van der Waals surface area (Å²) < 4.78 is 31.1. The summed E-state index contributed by atoms with van der Waals surface area (Å²) >= 11 is 1.53. The van der Waals surface area contributed by atoms with E-state index in [2.05, 4.69) is 21.3 Å². The fraction of sp³-hybridized carbons (Fsp3) is 0.265. The number of rotatable bonds is 15. The monoisotopic (exact) mass is 677 g/mol. The number of anilines is 2. The average Bonchev–Trinajstić information content (AvgIpc) is 3.58. The van der Waals surface area contributed by atoms with Gasteiger partial charge in [-0.1, -0.05) is 42.5 Å². The van der Waals surface area contributed by atoms with Crippen LogP contribution in [0.5, 0.6) is 5.75 Å². The summed E-state index contributed by atoms with van der Waals surface area (Å²) in [5, 5.41) is 15.8. The Morgan fingerprint density at radius 2 is 1.60 bits per heavy atom. The molecule has 47 heavy (non-hydrogen) atoms. The number of ether oxygens (including phenoxy) is 1. The van der Waals surface area contributed by atoms with Gasteiger partial charge >= 0.3 is 0 Å². The number of nitrogens with one attached hydrogen (secondary N) is 4. The third-order valence-electron chi connectivity index (χ3n) is 7.43. The topological polar surface area (TPSA) is 146 Å². The Labute approximate surface area is 279 Å². The number of hydrogen-bond donors (Lipinski definition) is 4. The van der Waals surface area contributed by atoms with Crippen LogP contribution in [0.4, 0.5) is 11.4 Å². The molecule has 3 amide bonds. The van der Waals surface area contributed by atoms with E-state index in [1.165, 1.54) is 43.7 Å². The first-order valence-corrected chi connectivity index (χ1v) is 17.6.